The second kappa shape index (κ2) is 8.71. The molecule has 1 saturated heterocycles. The van der Waals surface area contributed by atoms with Crippen LogP contribution in [0.15, 0.2) is 59.4 Å². The molecule has 5 rings (SSSR count). The summed E-state index contributed by atoms with van der Waals surface area (Å²) in [4.78, 5) is 30.4. The van der Waals surface area contributed by atoms with E-state index >= 15 is 0 Å². The standard InChI is InChI=1S/C25H28N6O2/c1-17-7-9-20(10-8-17)31-23(15-18(2)28-31)27-24(32)16-29-13-11-19(12-14-29)30-22-6-4-3-5-21(22)26-25(30)33/h3-10,15,19H,11-14,16H2,1-2H3,(H,26,33)(H,27,32). The molecule has 33 heavy (non-hydrogen) atoms. The molecule has 1 aliphatic heterocycles. The summed E-state index contributed by atoms with van der Waals surface area (Å²) >= 11 is 0. The van der Waals surface area contributed by atoms with E-state index in [0.29, 0.717) is 12.4 Å². The number of piperidine rings is 1. The van der Waals surface area contributed by atoms with Gasteiger partial charge in [0.2, 0.25) is 5.91 Å². The number of carbonyl (C=O) groups excluding carboxylic acids is 1. The van der Waals surface area contributed by atoms with Gasteiger partial charge in [-0.15, -0.1) is 0 Å². The van der Waals surface area contributed by atoms with Gasteiger partial charge in [0.25, 0.3) is 0 Å². The molecular formula is C25H28N6O2. The molecule has 2 aromatic heterocycles. The number of amides is 1. The van der Waals surface area contributed by atoms with Crippen LogP contribution in [0.2, 0.25) is 0 Å². The van der Waals surface area contributed by atoms with Gasteiger partial charge in [-0.3, -0.25) is 14.3 Å². The van der Waals surface area contributed by atoms with Crippen LogP contribution in [0.5, 0.6) is 0 Å². The average molecular weight is 445 g/mol. The molecule has 0 aliphatic carbocycles. The molecule has 1 aliphatic rings. The monoisotopic (exact) mass is 444 g/mol. The molecule has 2 N–H and O–H groups in total. The number of benzene rings is 2. The van der Waals surface area contributed by atoms with Crippen molar-refractivity contribution in [1.82, 2.24) is 24.2 Å². The van der Waals surface area contributed by atoms with Crippen LogP contribution in [-0.4, -0.2) is 49.8 Å². The second-order valence-electron chi connectivity index (χ2n) is 8.79. The lowest BCUT2D eigenvalue weighted by Gasteiger charge is -2.32. The van der Waals surface area contributed by atoms with Crippen molar-refractivity contribution in [3.05, 3.63) is 76.3 Å². The molecular weight excluding hydrogens is 416 g/mol. The van der Waals surface area contributed by atoms with E-state index in [9.17, 15) is 9.59 Å². The number of para-hydroxylation sites is 2. The first kappa shape index (κ1) is 21.2. The number of nitrogens with one attached hydrogen (secondary N) is 2. The minimum absolute atomic E-state index is 0.0628. The molecule has 0 radical (unpaired) electrons. The number of carbonyl (C=O) groups is 1. The van der Waals surface area contributed by atoms with E-state index in [1.807, 2.05) is 73.0 Å². The Morgan fingerprint density at radius 3 is 2.58 bits per heavy atom. The third-order valence-corrected chi connectivity index (χ3v) is 6.29. The highest BCUT2D eigenvalue weighted by Crippen LogP contribution is 2.25. The van der Waals surface area contributed by atoms with Crippen LogP contribution in [0.1, 0.15) is 30.1 Å². The predicted molar refractivity (Wildman–Crippen MR) is 129 cm³/mol. The Labute approximate surface area is 191 Å². The summed E-state index contributed by atoms with van der Waals surface area (Å²) in [5.74, 6) is 0.604. The Kier molecular flexibility index (Phi) is 5.60. The normalized spacial score (nSPS) is 15.2. The van der Waals surface area contributed by atoms with E-state index in [1.165, 1.54) is 5.56 Å². The van der Waals surface area contributed by atoms with E-state index in [2.05, 4.69) is 20.3 Å². The fourth-order valence-corrected chi connectivity index (χ4v) is 4.63. The Morgan fingerprint density at radius 2 is 1.82 bits per heavy atom. The molecule has 8 nitrogen and oxygen atoms in total. The van der Waals surface area contributed by atoms with Gasteiger partial charge in [0.1, 0.15) is 5.82 Å². The zero-order valence-corrected chi connectivity index (χ0v) is 18.9. The van der Waals surface area contributed by atoms with Gasteiger partial charge in [-0.25, -0.2) is 9.48 Å². The number of imidazole rings is 1. The number of H-pyrrole nitrogens is 1. The fraction of sp³-hybridized carbons (Fsp3) is 0.320. The molecule has 1 amide bonds. The minimum atomic E-state index is -0.0639. The van der Waals surface area contributed by atoms with Crippen LogP contribution < -0.4 is 11.0 Å². The topological polar surface area (TPSA) is 87.9 Å². The molecule has 0 spiro atoms. The average Bonchev–Trinajstić information content (AvgIpc) is 3.33. The van der Waals surface area contributed by atoms with Gasteiger partial charge in [-0.2, -0.15) is 5.10 Å². The summed E-state index contributed by atoms with van der Waals surface area (Å²) in [7, 11) is 0. The largest absolute Gasteiger partial charge is 0.326 e. The van der Waals surface area contributed by atoms with Crippen LogP contribution in [-0.2, 0) is 4.79 Å². The van der Waals surface area contributed by atoms with Crippen molar-refractivity contribution in [2.45, 2.75) is 32.7 Å². The van der Waals surface area contributed by atoms with Gasteiger partial charge >= 0.3 is 5.69 Å². The third kappa shape index (κ3) is 4.34. The maximum absolute atomic E-state index is 12.8. The molecule has 1 fully saturated rings. The van der Waals surface area contributed by atoms with Gasteiger partial charge in [0.05, 0.1) is 29.0 Å². The number of likely N-dealkylation sites (tertiary alicyclic amines) is 1. The lowest BCUT2D eigenvalue weighted by Crippen LogP contribution is -2.41. The molecule has 0 unspecified atom stereocenters. The van der Waals surface area contributed by atoms with Crippen molar-refractivity contribution in [2.24, 2.45) is 0 Å². The van der Waals surface area contributed by atoms with Crippen molar-refractivity contribution < 1.29 is 4.79 Å². The van der Waals surface area contributed by atoms with Crippen LogP contribution in [0.3, 0.4) is 0 Å². The van der Waals surface area contributed by atoms with Crippen molar-refractivity contribution in [3.63, 3.8) is 0 Å². The number of fused-ring (bicyclic) bond motifs is 1. The van der Waals surface area contributed by atoms with Gasteiger partial charge in [-0.05, 0) is 51.0 Å². The fourth-order valence-electron chi connectivity index (χ4n) is 4.63. The molecule has 0 saturated carbocycles. The predicted octanol–water partition coefficient (Wildman–Crippen LogP) is 3.41. The van der Waals surface area contributed by atoms with Gasteiger partial charge in [0.15, 0.2) is 0 Å². The quantitative estimate of drug-likeness (QED) is 0.494. The summed E-state index contributed by atoms with van der Waals surface area (Å²) < 4.78 is 3.64. The number of aryl methyl sites for hydroxylation is 2. The number of aromatic amines is 1. The highest BCUT2D eigenvalue weighted by Gasteiger charge is 2.25. The van der Waals surface area contributed by atoms with Crippen molar-refractivity contribution in [2.75, 3.05) is 25.0 Å². The van der Waals surface area contributed by atoms with E-state index in [1.54, 1.807) is 4.68 Å². The van der Waals surface area contributed by atoms with Gasteiger partial charge in [-0.1, -0.05) is 29.8 Å². The van der Waals surface area contributed by atoms with E-state index < -0.39 is 0 Å². The summed E-state index contributed by atoms with van der Waals surface area (Å²) in [5, 5.41) is 7.56. The molecule has 3 heterocycles. The van der Waals surface area contributed by atoms with Crippen LogP contribution in [0, 0.1) is 13.8 Å². The number of aromatic nitrogens is 4. The first-order valence-corrected chi connectivity index (χ1v) is 11.3. The molecule has 8 heteroatoms. The van der Waals surface area contributed by atoms with Crippen LogP contribution in [0.25, 0.3) is 16.7 Å². The summed E-state index contributed by atoms with van der Waals surface area (Å²) in [5.41, 5.74) is 4.67. The molecule has 0 atom stereocenters. The smallest absolute Gasteiger partial charge is 0.309 e. The number of nitrogens with zero attached hydrogens (tertiary/aromatic N) is 4. The lowest BCUT2D eigenvalue weighted by atomic mass is 10.0. The van der Waals surface area contributed by atoms with Crippen molar-refractivity contribution in [1.29, 1.82) is 0 Å². The second-order valence-corrected chi connectivity index (χ2v) is 8.79. The van der Waals surface area contributed by atoms with Gasteiger partial charge in [0, 0.05) is 25.2 Å². The molecule has 2 aromatic carbocycles. The first-order valence-electron chi connectivity index (χ1n) is 11.3. The van der Waals surface area contributed by atoms with Crippen molar-refractivity contribution >= 4 is 22.8 Å². The number of hydrogen-bond acceptors (Lipinski definition) is 4. The number of hydrogen-bond donors (Lipinski definition) is 2. The minimum Gasteiger partial charge on any atom is -0.309 e. The summed E-state index contributed by atoms with van der Waals surface area (Å²) in [6.07, 6.45) is 1.66. The Morgan fingerprint density at radius 1 is 1.09 bits per heavy atom. The summed E-state index contributed by atoms with van der Waals surface area (Å²) in [6.45, 7) is 5.80. The van der Waals surface area contributed by atoms with E-state index in [0.717, 1.165) is 48.3 Å². The first-order chi connectivity index (χ1) is 16.0. The number of rotatable bonds is 5. The zero-order chi connectivity index (χ0) is 22.9. The Hall–Kier alpha value is -3.65. The maximum Gasteiger partial charge on any atom is 0.326 e. The maximum atomic E-state index is 12.8. The molecule has 0 bridgehead atoms. The molecule has 170 valence electrons. The lowest BCUT2D eigenvalue weighted by molar-refractivity contribution is -0.117. The van der Waals surface area contributed by atoms with E-state index in [-0.39, 0.29) is 17.6 Å². The Bertz CT molecular complexity index is 1340. The number of anilines is 1. The van der Waals surface area contributed by atoms with Crippen LogP contribution >= 0.6 is 0 Å². The summed E-state index contributed by atoms with van der Waals surface area (Å²) in [6, 6.07) is 17.9. The highest BCUT2D eigenvalue weighted by molar-refractivity contribution is 5.91. The SMILES string of the molecule is Cc1ccc(-n2nc(C)cc2NC(=O)CN2CCC(n3c(=O)[nH]c4ccccc43)CC2)cc1. The zero-order valence-electron chi connectivity index (χ0n) is 18.9. The van der Waals surface area contributed by atoms with Crippen LogP contribution in [0.4, 0.5) is 5.82 Å². The molecule has 4 aromatic rings. The van der Waals surface area contributed by atoms with Crippen molar-refractivity contribution in [3.8, 4) is 5.69 Å². The Balaban J connectivity index is 1.22. The van der Waals surface area contributed by atoms with E-state index in [4.69, 9.17) is 0 Å². The highest BCUT2D eigenvalue weighted by atomic mass is 16.2. The third-order valence-electron chi connectivity index (χ3n) is 6.29. The van der Waals surface area contributed by atoms with Gasteiger partial charge < -0.3 is 10.3 Å².